The molecule has 15 N–H and O–H groups in total. The van der Waals surface area contributed by atoms with Gasteiger partial charge in [-0.2, -0.15) is 0 Å². The quantitative estimate of drug-likeness (QED) is 0.0310. The number of primary amides is 1. The minimum atomic E-state index is -1.62. The Labute approximate surface area is 482 Å². The summed E-state index contributed by atoms with van der Waals surface area (Å²) in [6, 6.07) is 4.26. The standard InChI is InChI=1S/C54H81N13O14S/c1-28(2)21-36(61-42(70)26-58-51(78)40(23-35-19-15-12-16-20-35)67(10)53(80)32(7)60-45(72)30(5)55)49(76)59-31(6)46(73)65-44(29(3)4)52(79)62-37(22-34-17-13-11-14-18-34)50(77)63-38(24-43(71)82)54(81)66(9)33(8)47(74)64-39(27-68)48(75)57-25-41(56)69/h11-20,28-33,36-40,44,68H,21-27,55H2,1-10H3,(H2,56,69)(H,57,75)(H,58,78)(H,59,76)(H,60,72)(H,61,70)(H,62,79)(H,63,77)(H,64,74)(H,65,73)(H,71,82). The third-order valence-electron chi connectivity index (χ3n) is 12.8. The minimum Gasteiger partial charge on any atom is -0.502 e. The Balaban J connectivity index is 2.27. The molecule has 0 aromatic heterocycles. The number of likely N-dealkylation sites (N-methyl/N-ethyl adjacent to an activating group) is 2. The number of nitrogens with one attached hydrogen (secondary N) is 9. The van der Waals surface area contributed by atoms with Gasteiger partial charge in [0.25, 0.3) is 0 Å². The molecule has 2 aromatic carbocycles. The van der Waals surface area contributed by atoms with Crippen molar-refractivity contribution in [3.63, 3.8) is 0 Å². The number of nitrogens with zero attached hydrogens (tertiary/aromatic N) is 2. The zero-order valence-electron chi connectivity index (χ0n) is 47.9. The number of thiocarbonyl (C=S) groups is 1. The number of benzene rings is 2. The van der Waals surface area contributed by atoms with Crippen LogP contribution in [0, 0.1) is 11.8 Å². The first kappa shape index (κ1) is 70.0. The van der Waals surface area contributed by atoms with E-state index in [-0.39, 0.29) is 25.2 Å². The van der Waals surface area contributed by atoms with Crippen molar-refractivity contribution in [1.29, 1.82) is 0 Å². The third kappa shape index (κ3) is 23.5. The topological polar surface area (TPSA) is 412 Å². The monoisotopic (exact) mass is 1170 g/mol. The van der Waals surface area contributed by atoms with Gasteiger partial charge in [0.2, 0.25) is 70.9 Å². The molecule has 0 radical (unpaired) electrons. The van der Waals surface area contributed by atoms with Crippen LogP contribution in [0.4, 0.5) is 0 Å². The van der Waals surface area contributed by atoms with Crippen LogP contribution in [0.5, 0.6) is 0 Å². The molecule has 2 rings (SSSR count). The summed E-state index contributed by atoms with van der Waals surface area (Å²) in [5.41, 5.74) is 11.9. The molecule has 10 atom stereocenters. The summed E-state index contributed by atoms with van der Waals surface area (Å²) in [5.74, 6) is -10.6. The lowest BCUT2D eigenvalue weighted by molar-refractivity contribution is -0.142. The Bertz CT molecular complexity index is 2580. The molecule has 0 saturated heterocycles. The van der Waals surface area contributed by atoms with Gasteiger partial charge in [0.05, 0.1) is 25.7 Å². The van der Waals surface area contributed by atoms with Crippen molar-refractivity contribution in [2.45, 2.75) is 141 Å². The van der Waals surface area contributed by atoms with Crippen molar-refractivity contribution in [1.82, 2.24) is 57.7 Å². The van der Waals surface area contributed by atoms with Crippen LogP contribution in [-0.2, 0) is 70.4 Å². The molecule has 12 amide bonds. The van der Waals surface area contributed by atoms with Crippen molar-refractivity contribution in [3.8, 4) is 0 Å². The second-order valence-corrected chi connectivity index (χ2v) is 21.0. The molecule has 2 aromatic rings. The fraction of sp³-hybridized carbons (Fsp3) is 0.537. The number of hydrogen-bond acceptors (Lipinski definition) is 15. The Kier molecular flexibility index (Phi) is 29.2. The van der Waals surface area contributed by atoms with Crippen LogP contribution < -0.4 is 59.3 Å². The molecule has 27 nitrogen and oxygen atoms in total. The maximum Gasteiger partial charge on any atom is 0.246 e. The summed E-state index contributed by atoms with van der Waals surface area (Å²) in [6.45, 7) is 10.2. The summed E-state index contributed by atoms with van der Waals surface area (Å²) < 4.78 is 0. The van der Waals surface area contributed by atoms with Gasteiger partial charge < -0.3 is 79.3 Å². The number of aliphatic hydroxyl groups excluding tert-OH is 2. The summed E-state index contributed by atoms with van der Waals surface area (Å²) in [6.07, 6.45) is -0.646. The van der Waals surface area contributed by atoms with E-state index in [2.05, 4.69) is 47.9 Å². The van der Waals surface area contributed by atoms with Crippen LogP contribution >= 0.6 is 12.2 Å². The van der Waals surface area contributed by atoms with Crippen LogP contribution in [0.2, 0.25) is 0 Å². The minimum absolute atomic E-state index is 0.0429. The summed E-state index contributed by atoms with van der Waals surface area (Å²) >= 11 is 4.87. The largest absolute Gasteiger partial charge is 0.502 e. The SMILES string of the molecule is CC(C)CC(NC(=O)CNC(=O)C(Cc1ccccc1)N(C)C(=O)C(C)NC(=O)C(C)N)C(=O)NC(C)C(=O)NC(C(=O)NC(Cc1ccccc1)C(=O)NC(CC(O)=S)C(=O)N(C)C(C)C(=O)NC(CO)C(=O)NCC(N)=O)C(C)C. The molecule has 0 fully saturated rings. The average molecular weight is 1170 g/mol. The molecule has 0 spiro atoms. The first-order valence-electron chi connectivity index (χ1n) is 26.5. The van der Waals surface area contributed by atoms with Gasteiger partial charge in [-0.1, -0.05) is 88.4 Å². The van der Waals surface area contributed by atoms with Crippen molar-refractivity contribution in [2.24, 2.45) is 23.3 Å². The van der Waals surface area contributed by atoms with E-state index in [0.717, 1.165) is 9.80 Å². The number of amides is 12. The van der Waals surface area contributed by atoms with E-state index in [4.69, 9.17) is 23.7 Å². The highest BCUT2D eigenvalue weighted by Gasteiger charge is 2.37. The van der Waals surface area contributed by atoms with Crippen molar-refractivity contribution >= 4 is 88.2 Å². The number of aliphatic hydroxyl groups is 2. The van der Waals surface area contributed by atoms with E-state index in [9.17, 15) is 67.7 Å². The molecule has 82 heavy (non-hydrogen) atoms. The van der Waals surface area contributed by atoms with Gasteiger partial charge in [-0.15, -0.1) is 0 Å². The summed E-state index contributed by atoms with van der Waals surface area (Å²) in [4.78, 5) is 161. The van der Waals surface area contributed by atoms with Gasteiger partial charge in [0.1, 0.15) is 54.4 Å². The Morgan fingerprint density at radius 2 is 1.05 bits per heavy atom. The highest BCUT2D eigenvalue weighted by atomic mass is 32.1. The molecule has 0 bridgehead atoms. The van der Waals surface area contributed by atoms with Crippen molar-refractivity contribution < 1.29 is 67.7 Å². The number of carbonyl (C=O) groups is 12. The summed E-state index contributed by atoms with van der Waals surface area (Å²) in [7, 11) is 2.57. The fourth-order valence-corrected chi connectivity index (χ4v) is 8.07. The Morgan fingerprint density at radius 3 is 1.56 bits per heavy atom. The van der Waals surface area contributed by atoms with Crippen LogP contribution in [0.25, 0.3) is 0 Å². The predicted molar refractivity (Wildman–Crippen MR) is 304 cm³/mol. The molecule has 28 heteroatoms. The second-order valence-electron chi connectivity index (χ2n) is 20.6. The van der Waals surface area contributed by atoms with E-state index in [0.29, 0.717) is 11.1 Å². The first-order valence-corrected chi connectivity index (χ1v) is 26.9. The zero-order chi connectivity index (χ0) is 62.1. The van der Waals surface area contributed by atoms with Crippen LogP contribution in [-0.4, -0.2) is 190 Å². The van der Waals surface area contributed by atoms with Gasteiger partial charge in [-0.25, -0.2) is 0 Å². The molecule has 0 aliphatic heterocycles. The van der Waals surface area contributed by atoms with Gasteiger partial charge in [-0.05, 0) is 69.3 Å². The van der Waals surface area contributed by atoms with Crippen molar-refractivity contribution in [2.75, 3.05) is 33.8 Å². The molecule has 10 unspecified atom stereocenters. The second kappa shape index (κ2) is 34.2. The van der Waals surface area contributed by atoms with Gasteiger partial charge in [0, 0.05) is 33.4 Å². The summed E-state index contributed by atoms with van der Waals surface area (Å²) in [5, 5.41) is 41.5. The van der Waals surface area contributed by atoms with E-state index >= 15 is 0 Å². The Morgan fingerprint density at radius 1 is 0.537 bits per heavy atom. The lowest BCUT2D eigenvalue weighted by Crippen LogP contribution is -2.61. The highest BCUT2D eigenvalue weighted by molar-refractivity contribution is 7.80. The molecule has 0 heterocycles. The maximum absolute atomic E-state index is 14.2. The lowest BCUT2D eigenvalue weighted by Gasteiger charge is -2.31. The smallest absolute Gasteiger partial charge is 0.246 e. The van der Waals surface area contributed by atoms with Crippen LogP contribution in [0.15, 0.2) is 60.7 Å². The van der Waals surface area contributed by atoms with E-state index in [1.54, 1.807) is 88.4 Å². The van der Waals surface area contributed by atoms with E-state index in [1.165, 1.54) is 41.8 Å². The van der Waals surface area contributed by atoms with Gasteiger partial charge >= 0.3 is 0 Å². The molecule has 0 aliphatic carbocycles. The van der Waals surface area contributed by atoms with E-state index < -0.39 is 168 Å². The number of nitrogens with two attached hydrogens (primary N) is 2. The first-order chi connectivity index (χ1) is 38.4. The maximum atomic E-state index is 14.2. The Hall–Kier alpha value is -8.11. The normalized spacial score (nSPS) is 14.7. The molecular weight excluding hydrogens is 1090 g/mol. The van der Waals surface area contributed by atoms with Gasteiger partial charge in [0.15, 0.2) is 5.05 Å². The molecular formula is C54H81N13O14S. The zero-order valence-corrected chi connectivity index (χ0v) is 48.7. The molecule has 452 valence electrons. The number of hydrogen-bond donors (Lipinski definition) is 13. The molecule has 0 aliphatic rings. The highest BCUT2D eigenvalue weighted by Crippen LogP contribution is 2.13. The lowest BCUT2D eigenvalue weighted by atomic mass is 10.00. The van der Waals surface area contributed by atoms with Gasteiger partial charge in [-0.3, -0.25) is 57.5 Å². The number of rotatable bonds is 33. The average Bonchev–Trinajstić information content (AvgIpc) is 3.42. The van der Waals surface area contributed by atoms with Crippen molar-refractivity contribution in [3.05, 3.63) is 71.8 Å². The predicted octanol–water partition coefficient (Wildman–Crippen LogP) is -3.39. The molecule has 0 saturated carbocycles. The number of carbonyl (C=O) groups excluding carboxylic acids is 12. The van der Waals surface area contributed by atoms with E-state index in [1.807, 2.05) is 0 Å². The van der Waals surface area contributed by atoms with Crippen LogP contribution in [0.3, 0.4) is 0 Å². The fourth-order valence-electron chi connectivity index (χ4n) is 7.90. The third-order valence-corrected chi connectivity index (χ3v) is 12.9. The van der Waals surface area contributed by atoms with Crippen LogP contribution in [0.1, 0.15) is 79.4 Å².